The van der Waals surface area contributed by atoms with Gasteiger partial charge in [0.25, 0.3) is 0 Å². The summed E-state index contributed by atoms with van der Waals surface area (Å²) in [6.07, 6.45) is 24.2. The molecule has 852 valence electrons. The van der Waals surface area contributed by atoms with E-state index in [1.54, 1.807) is 6.92 Å². The summed E-state index contributed by atoms with van der Waals surface area (Å²) in [4.78, 5) is 63.1. The van der Waals surface area contributed by atoms with E-state index in [0.29, 0.717) is 11.5 Å². The first-order valence-electron chi connectivity index (χ1n) is 56.6. The summed E-state index contributed by atoms with van der Waals surface area (Å²) in [6.45, 7) is 56.6. The molecule has 0 aromatic heterocycles. The van der Waals surface area contributed by atoms with Gasteiger partial charge in [0.1, 0.15) is 0 Å². The third kappa shape index (κ3) is 61.2. The Morgan fingerprint density at radius 2 is 0.608 bits per heavy atom. The smallest absolute Gasteiger partial charge is 0.217 e. The van der Waals surface area contributed by atoms with Crippen LogP contribution in [0.4, 0.5) is 0 Å². The van der Waals surface area contributed by atoms with E-state index < -0.39 is 10.0 Å². The molecular formula is C108H241N31O3S. The zero-order chi connectivity index (χ0) is 107. The number of hydrogen-bond acceptors (Lipinski definition) is 32. The van der Waals surface area contributed by atoms with Gasteiger partial charge in [0.2, 0.25) is 15.9 Å². The minimum Gasteiger partial charge on any atom is -0.354 e. The predicted octanol–water partition coefficient (Wildman–Crippen LogP) is 2.43. The summed E-state index contributed by atoms with van der Waals surface area (Å²) < 4.78 is 24.3. The van der Waals surface area contributed by atoms with E-state index in [2.05, 4.69) is 352 Å². The van der Waals surface area contributed by atoms with Crippen molar-refractivity contribution in [2.45, 2.75) is 216 Å². The van der Waals surface area contributed by atoms with Crippen molar-refractivity contribution in [2.75, 3.05) is 473 Å². The zero-order valence-corrected chi connectivity index (χ0v) is 101. The molecule has 2 bridgehead atoms. The number of nitrogens with one attached hydrogen (secondary N) is 9. The van der Waals surface area contributed by atoms with Gasteiger partial charge < -0.3 is 150 Å². The number of carbonyl (C=O) groups is 1. The standard InChI is InChI=1S/C8H16N2O.C8H16N2.2C8H18N2.C8H17N.C7H16N2O2S.2C7H14N2.3C7H16N2.3C6H14N2.C5H12N2.C3H10N2/c1-7(11)9-8-3-5-10(2)6-4-8;1-9-4-3-8(5-9)6-10(2)7-8;1-7-5-10(4)8(2)6-9(7)3;1-9(2)8-4-6-10(3)7-5-8;1-3-8-5-4-6-9(2)7-8;1-9-5-3-7(4-6-9)8-12(2,10)11;1-8-3-7(4-8)5-9(2)6-7;1-8-4-7-3-6(8)5-9(7)2;2*1-8-7-3-5-9(2)6-4-7;1-8-4-3-5-9(2)7-6-8;1-7-3-5-8(2)6-4-7;2*1-7-6-3-4-8(2)5-6;1-6-5-3-7(2)4-5;1-4-3-5-2/h8H,3-6H2,1-2H3,(H,9,11);3-7H2,1-2H3;7-8H,5-6H2,1-4H3;8H,4-7H2,1-3H3;8H,3-7H2,1-2H3;7-8H,3-6H2,1-2H3;3-6H2,1-2H3;6-7H,3-5H2,1-2H3;2*7-8H,3-6H2,1-2H3;3-7H2,1-2H3;3-6H2,1-2H3;2*6-7H,3-5H2,1-2H3;5-6H,3-4H2,1-2H3;4-5H,3H2,1-2H3/t;;7-,8+;;;;;;;;;;;;;. The molecule has 0 saturated carbocycles. The van der Waals surface area contributed by atoms with E-state index in [9.17, 15) is 13.2 Å². The number of fused-ring (bicyclic) bond motifs is 2. The summed E-state index contributed by atoms with van der Waals surface area (Å²) in [6, 6.07) is 8.42. The number of sulfonamides is 1. The molecule has 5 unspecified atom stereocenters. The van der Waals surface area contributed by atoms with Crippen LogP contribution in [0.15, 0.2) is 0 Å². The van der Waals surface area contributed by atoms with Crippen molar-refractivity contribution >= 4 is 15.9 Å². The van der Waals surface area contributed by atoms with E-state index in [-0.39, 0.29) is 11.9 Å². The Kier molecular flexibility index (Phi) is 71.1. The Balaban J connectivity index is 0.000000393. The maximum atomic E-state index is 10.9. The largest absolute Gasteiger partial charge is 0.354 e. The highest BCUT2D eigenvalue weighted by Gasteiger charge is 2.49. The monoisotopic (exact) mass is 2050 g/mol. The summed E-state index contributed by atoms with van der Waals surface area (Å²) in [5, 5.41) is 25.0. The molecule has 0 radical (unpaired) electrons. The average Bonchev–Trinajstić information content (AvgIpc) is 1.71. The molecule has 18 aliphatic rings. The van der Waals surface area contributed by atoms with E-state index in [0.717, 1.165) is 130 Å². The second-order valence-electron chi connectivity index (χ2n) is 47.9. The van der Waals surface area contributed by atoms with Gasteiger partial charge in [0.15, 0.2) is 0 Å². The van der Waals surface area contributed by atoms with E-state index in [1.807, 2.05) is 35.2 Å². The highest BCUT2D eigenvalue weighted by molar-refractivity contribution is 7.88. The lowest BCUT2D eigenvalue weighted by atomic mass is 9.74. The molecule has 9 N–H and O–H groups in total. The molecule has 2 spiro atoms. The number of carbonyl (C=O) groups excluding carboxylic acids is 1. The number of rotatable bonds is 12. The van der Waals surface area contributed by atoms with Gasteiger partial charge in [0.05, 0.1) is 6.26 Å². The first-order valence-corrected chi connectivity index (χ1v) is 58.5. The van der Waals surface area contributed by atoms with E-state index in [1.165, 1.54) is 319 Å². The van der Waals surface area contributed by atoms with Gasteiger partial charge >= 0.3 is 0 Å². The van der Waals surface area contributed by atoms with Gasteiger partial charge in [-0.3, -0.25) is 4.79 Å². The molecule has 18 saturated heterocycles. The summed E-state index contributed by atoms with van der Waals surface area (Å²) in [5.74, 6) is 1.09. The van der Waals surface area contributed by atoms with Crippen LogP contribution < -0.4 is 47.3 Å². The van der Waals surface area contributed by atoms with E-state index in [4.69, 9.17) is 0 Å². The van der Waals surface area contributed by atoms with Crippen LogP contribution in [0.5, 0.6) is 0 Å². The van der Waals surface area contributed by atoms with Crippen molar-refractivity contribution in [3.05, 3.63) is 0 Å². The second kappa shape index (κ2) is 75.1. The van der Waals surface area contributed by atoms with Gasteiger partial charge in [-0.1, -0.05) is 13.3 Å². The molecule has 35 heteroatoms. The molecule has 1 amide bonds. The quantitative estimate of drug-likeness (QED) is 0.128. The number of piperazine rings is 3. The first-order chi connectivity index (χ1) is 67.6. The van der Waals surface area contributed by atoms with Crippen LogP contribution in [0.25, 0.3) is 0 Å². The fourth-order valence-electron chi connectivity index (χ4n) is 22.5. The molecule has 7 atom stereocenters. The number of hydrogen-bond donors (Lipinski definition) is 9. The van der Waals surface area contributed by atoms with Gasteiger partial charge in [0, 0.05) is 241 Å². The Hall–Kier alpha value is -1.78. The van der Waals surface area contributed by atoms with Crippen LogP contribution in [0.3, 0.4) is 0 Å². The number of nitrogens with zero attached hydrogens (tertiary/aromatic N) is 22. The first kappa shape index (κ1) is 135. The lowest BCUT2D eigenvalue weighted by Crippen LogP contribution is -2.70. The SMILES string of the molecule is CC(=O)NC1CCN(C)CC1.CCC1CCCN(C)C1.CN1CC2(C1)CN(C)C2.CN1CC2CC1CN2C.CN1CCC(N(C)C)CC1.CN1CCC(NS(C)(=O)=O)CC1.CN1CCC2(C1)CN(C)C2.CN1CCCN(C)CC1.CN1CCN(C)CC1.CNC1CCN(C)C1.CNC1CCN(C)C1.CNC1CCN(C)CC1.CNC1CCN(C)CC1.CNC1CN(C)C1.CNCNC.C[C@@H]1CN(C)[C@@H](C)CN1C. The van der Waals surface area contributed by atoms with Gasteiger partial charge in [-0.2, -0.15) is 0 Å². The Morgan fingerprint density at radius 3 is 0.860 bits per heavy atom. The van der Waals surface area contributed by atoms with Gasteiger partial charge in [-0.15, -0.1) is 0 Å². The highest BCUT2D eigenvalue weighted by atomic mass is 32.2. The van der Waals surface area contributed by atoms with Crippen LogP contribution >= 0.6 is 0 Å². The Morgan fingerprint density at radius 1 is 0.308 bits per heavy atom. The summed E-state index contributed by atoms with van der Waals surface area (Å²) in [5.41, 5.74) is 1.45. The average molecular weight is 2050 g/mol. The van der Waals surface area contributed by atoms with Crippen LogP contribution in [0, 0.1) is 16.7 Å². The summed E-state index contributed by atoms with van der Waals surface area (Å²) >= 11 is 0. The third-order valence-corrected chi connectivity index (χ3v) is 33.7. The van der Waals surface area contributed by atoms with E-state index >= 15 is 0 Å². The maximum absolute atomic E-state index is 10.9. The minimum absolute atomic E-state index is 0.0968. The number of likely N-dealkylation sites (tertiary alicyclic amines) is 15. The second-order valence-corrected chi connectivity index (χ2v) is 49.7. The molecule has 0 aromatic carbocycles. The lowest BCUT2D eigenvalue weighted by Gasteiger charge is -2.58. The molecular weight excluding hydrogens is 1810 g/mol. The normalized spacial score (nSPS) is 28.4. The van der Waals surface area contributed by atoms with Crippen molar-refractivity contribution in [1.29, 1.82) is 0 Å². The van der Waals surface area contributed by atoms with Crippen molar-refractivity contribution in [3.8, 4) is 0 Å². The molecule has 18 heterocycles. The molecule has 0 aliphatic carbocycles. The van der Waals surface area contributed by atoms with Crippen molar-refractivity contribution in [2.24, 2.45) is 16.7 Å². The molecule has 18 rings (SSSR count). The van der Waals surface area contributed by atoms with Crippen molar-refractivity contribution in [3.63, 3.8) is 0 Å². The Labute approximate surface area is 884 Å². The number of amides is 1. The molecule has 18 fully saturated rings. The molecule has 143 heavy (non-hydrogen) atoms. The molecule has 34 nitrogen and oxygen atoms in total. The number of likely N-dealkylation sites (N-methyl/N-ethyl adjacent to an activating group) is 14. The Bertz CT molecular complexity index is 3030. The predicted molar refractivity (Wildman–Crippen MR) is 616 cm³/mol. The fourth-order valence-corrected chi connectivity index (χ4v) is 23.4. The van der Waals surface area contributed by atoms with Gasteiger partial charge in [-0.25, -0.2) is 13.1 Å². The van der Waals surface area contributed by atoms with Crippen LogP contribution in [-0.4, -0.2) is 668 Å². The summed E-state index contributed by atoms with van der Waals surface area (Å²) in [7, 11) is 61.2. The third-order valence-electron chi connectivity index (χ3n) is 33.0. The topological polar surface area (TPSA) is 231 Å². The fraction of sp³-hybridized carbons (Fsp3) is 0.991. The minimum atomic E-state index is -3.01. The van der Waals surface area contributed by atoms with Gasteiger partial charge in [-0.05, 0) is 445 Å². The zero-order valence-electron chi connectivity index (χ0n) is 100. The highest BCUT2D eigenvalue weighted by Crippen LogP contribution is 2.39. The lowest BCUT2D eigenvalue weighted by molar-refractivity contribution is -0.119. The molecule has 18 aliphatic heterocycles. The molecule has 0 aromatic rings. The van der Waals surface area contributed by atoms with Crippen LogP contribution in [-0.2, 0) is 14.8 Å². The van der Waals surface area contributed by atoms with Crippen molar-refractivity contribution < 1.29 is 13.2 Å². The number of piperidine rings is 6. The van der Waals surface area contributed by atoms with Crippen LogP contribution in [0.2, 0.25) is 0 Å². The van der Waals surface area contributed by atoms with Crippen molar-refractivity contribution in [1.82, 2.24) is 155 Å². The maximum Gasteiger partial charge on any atom is 0.217 e. The van der Waals surface area contributed by atoms with Crippen LogP contribution in [0.1, 0.15) is 143 Å².